The molecule has 5 heteroatoms. The number of anilines is 2. The molecule has 0 spiro atoms. The number of likely N-dealkylation sites (tertiary alicyclic amines) is 1. The van der Waals surface area contributed by atoms with Gasteiger partial charge >= 0.3 is 0 Å². The maximum Gasteiger partial charge on any atom is 0.133 e. The van der Waals surface area contributed by atoms with Crippen molar-refractivity contribution in [3.8, 4) is 0 Å². The van der Waals surface area contributed by atoms with Gasteiger partial charge in [0.05, 0.1) is 0 Å². The molecule has 2 rings (SSSR count). The highest BCUT2D eigenvalue weighted by molar-refractivity contribution is 5.48. The SMILES string of the molecule is CCCc1nc(NCC)cc(NC2CCN(C)CC2)n1. The lowest BCUT2D eigenvalue weighted by atomic mass is 10.1. The van der Waals surface area contributed by atoms with Gasteiger partial charge in [0.2, 0.25) is 0 Å². The van der Waals surface area contributed by atoms with Crippen molar-refractivity contribution >= 4 is 11.6 Å². The van der Waals surface area contributed by atoms with Gasteiger partial charge in [0, 0.05) is 25.1 Å². The summed E-state index contributed by atoms with van der Waals surface area (Å²) in [5.74, 6) is 2.83. The van der Waals surface area contributed by atoms with Crippen molar-refractivity contribution in [2.45, 2.75) is 45.6 Å². The van der Waals surface area contributed by atoms with E-state index in [2.05, 4.69) is 46.4 Å². The van der Waals surface area contributed by atoms with E-state index in [9.17, 15) is 0 Å². The molecular formula is C15H27N5. The third kappa shape index (κ3) is 4.34. The Labute approximate surface area is 122 Å². The minimum atomic E-state index is 0.532. The van der Waals surface area contributed by atoms with Gasteiger partial charge in [-0.25, -0.2) is 9.97 Å². The Kier molecular flexibility index (Phi) is 5.59. The molecule has 1 fully saturated rings. The molecule has 112 valence electrons. The minimum absolute atomic E-state index is 0.532. The number of nitrogens with zero attached hydrogens (tertiary/aromatic N) is 3. The summed E-state index contributed by atoms with van der Waals surface area (Å²) >= 11 is 0. The summed E-state index contributed by atoms with van der Waals surface area (Å²) in [4.78, 5) is 11.6. The van der Waals surface area contributed by atoms with E-state index in [1.165, 1.54) is 12.8 Å². The van der Waals surface area contributed by atoms with Crippen LogP contribution in [0, 0.1) is 0 Å². The van der Waals surface area contributed by atoms with Crippen LogP contribution in [0.15, 0.2) is 6.07 Å². The highest BCUT2D eigenvalue weighted by Crippen LogP contribution is 2.17. The molecule has 0 radical (unpaired) electrons. The summed E-state index contributed by atoms with van der Waals surface area (Å²) in [5.41, 5.74) is 0. The summed E-state index contributed by atoms with van der Waals surface area (Å²) in [6.07, 6.45) is 4.37. The molecule has 1 aromatic heterocycles. The molecule has 20 heavy (non-hydrogen) atoms. The topological polar surface area (TPSA) is 53.1 Å². The van der Waals surface area contributed by atoms with Crippen LogP contribution in [0.3, 0.4) is 0 Å². The fourth-order valence-electron chi connectivity index (χ4n) is 2.54. The predicted octanol–water partition coefficient (Wildman–Crippen LogP) is 2.37. The number of aromatic nitrogens is 2. The number of rotatable bonds is 6. The minimum Gasteiger partial charge on any atom is -0.370 e. The van der Waals surface area contributed by atoms with Crippen LogP contribution in [0.4, 0.5) is 11.6 Å². The van der Waals surface area contributed by atoms with Gasteiger partial charge < -0.3 is 15.5 Å². The molecule has 0 unspecified atom stereocenters. The maximum atomic E-state index is 4.64. The van der Waals surface area contributed by atoms with Gasteiger partial charge in [-0.05, 0) is 46.3 Å². The highest BCUT2D eigenvalue weighted by atomic mass is 15.1. The number of hydrogen-bond donors (Lipinski definition) is 2. The third-order valence-corrected chi connectivity index (χ3v) is 3.67. The zero-order valence-corrected chi connectivity index (χ0v) is 12.9. The van der Waals surface area contributed by atoms with E-state index in [4.69, 9.17) is 0 Å². The molecule has 0 amide bonds. The van der Waals surface area contributed by atoms with Crippen molar-refractivity contribution in [1.82, 2.24) is 14.9 Å². The van der Waals surface area contributed by atoms with Crippen LogP contribution >= 0.6 is 0 Å². The average molecular weight is 277 g/mol. The second-order valence-electron chi connectivity index (χ2n) is 5.56. The smallest absolute Gasteiger partial charge is 0.133 e. The zero-order chi connectivity index (χ0) is 14.4. The van der Waals surface area contributed by atoms with E-state index < -0.39 is 0 Å². The lowest BCUT2D eigenvalue weighted by Crippen LogP contribution is -2.37. The first-order valence-corrected chi connectivity index (χ1v) is 7.78. The van der Waals surface area contributed by atoms with E-state index in [0.29, 0.717) is 6.04 Å². The molecule has 0 aromatic carbocycles. The summed E-state index contributed by atoms with van der Waals surface area (Å²) in [7, 11) is 2.18. The van der Waals surface area contributed by atoms with E-state index in [1.807, 2.05) is 6.07 Å². The van der Waals surface area contributed by atoms with E-state index in [1.54, 1.807) is 0 Å². The second kappa shape index (κ2) is 7.43. The molecule has 0 bridgehead atoms. The fraction of sp³-hybridized carbons (Fsp3) is 0.733. The van der Waals surface area contributed by atoms with Crippen LogP contribution in [-0.4, -0.2) is 47.6 Å². The first-order chi connectivity index (χ1) is 9.71. The Morgan fingerprint density at radius 1 is 1.20 bits per heavy atom. The fourth-order valence-corrected chi connectivity index (χ4v) is 2.54. The Morgan fingerprint density at radius 2 is 1.90 bits per heavy atom. The summed E-state index contributed by atoms with van der Waals surface area (Å²) < 4.78 is 0. The predicted molar refractivity (Wildman–Crippen MR) is 84.3 cm³/mol. The first kappa shape index (κ1) is 15.0. The van der Waals surface area contributed by atoms with Crippen molar-refractivity contribution in [3.63, 3.8) is 0 Å². The van der Waals surface area contributed by atoms with Crippen molar-refractivity contribution in [3.05, 3.63) is 11.9 Å². The molecule has 2 heterocycles. The van der Waals surface area contributed by atoms with Crippen molar-refractivity contribution in [2.75, 3.05) is 37.3 Å². The standard InChI is InChI=1S/C15H27N5/c1-4-6-13-18-14(16-5-2)11-15(19-13)17-12-7-9-20(3)10-8-12/h11-12H,4-10H2,1-3H3,(H2,16,17,18,19). The molecule has 0 saturated carbocycles. The summed E-state index contributed by atoms with van der Waals surface area (Å²) in [5, 5.41) is 6.87. The lowest BCUT2D eigenvalue weighted by Gasteiger charge is -2.29. The quantitative estimate of drug-likeness (QED) is 0.836. The van der Waals surface area contributed by atoms with Gasteiger partial charge in [-0.2, -0.15) is 0 Å². The maximum absolute atomic E-state index is 4.64. The molecule has 5 nitrogen and oxygen atoms in total. The Morgan fingerprint density at radius 3 is 2.55 bits per heavy atom. The summed E-state index contributed by atoms with van der Waals surface area (Å²) in [6, 6.07) is 2.56. The number of aryl methyl sites for hydroxylation is 1. The van der Waals surface area contributed by atoms with Crippen molar-refractivity contribution in [2.24, 2.45) is 0 Å². The second-order valence-corrected chi connectivity index (χ2v) is 5.56. The normalized spacial score (nSPS) is 17.1. The van der Waals surface area contributed by atoms with Gasteiger partial charge in [-0.1, -0.05) is 6.92 Å². The Hall–Kier alpha value is -1.36. The van der Waals surface area contributed by atoms with Crippen LogP contribution in [0.2, 0.25) is 0 Å². The van der Waals surface area contributed by atoms with Gasteiger partial charge in [-0.3, -0.25) is 0 Å². The lowest BCUT2D eigenvalue weighted by molar-refractivity contribution is 0.263. The largest absolute Gasteiger partial charge is 0.370 e. The Balaban J connectivity index is 2.05. The van der Waals surface area contributed by atoms with Crippen LogP contribution in [-0.2, 0) is 6.42 Å². The third-order valence-electron chi connectivity index (χ3n) is 3.67. The van der Waals surface area contributed by atoms with Crippen molar-refractivity contribution < 1.29 is 0 Å². The number of piperidine rings is 1. The van der Waals surface area contributed by atoms with Crippen molar-refractivity contribution in [1.29, 1.82) is 0 Å². The van der Waals surface area contributed by atoms with Crippen LogP contribution in [0.1, 0.15) is 38.9 Å². The average Bonchev–Trinajstić information content (AvgIpc) is 2.42. The Bertz CT molecular complexity index is 388. The van der Waals surface area contributed by atoms with Crippen LogP contribution in [0.5, 0.6) is 0 Å². The molecule has 2 N–H and O–H groups in total. The van der Waals surface area contributed by atoms with E-state index in [0.717, 1.165) is 49.9 Å². The molecule has 1 saturated heterocycles. The van der Waals surface area contributed by atoms with E-state index in [-0.39, 0.29) is 0 Å². The molecule has 1 aromatic rings. The van der Waals surface area contributed by atoms with E-state index >= 15 is 0 Å². The van der Waals surface area contributed by atoms with Gasteiger partial charge in [-0.15, -0.1) is 0 Å². The summed E-state index contributed by atoms with van der Waals surface area (Å²) in [6.45, 7) is 7.45. The molecule has 0 atom stereocenters. The number of nitrogens with one attached hydrogen (secondary N) is 2. The first-order valence-electron chi connectivity index (χ1n) is 7.78. The van der Waals surface area contributed by atoms with Crippen LogP contribution in [0.25, 0.3) is 0 Å². The highest BCUT2D eigenvalue weighted by Gasteiger charge is 2.17. The molecular weight excluding hydrogens is 250 g/mol. The van der Waals surface area contributed by atoms with Crippen LogP contribution < -0.4 is 10.6 Å². The molecule has 1 aliphatic heterocycles. The van der Waals surface area contributed by atoms with Gasteiger partial charge in [0.15, 0.2) is 0 Å². The zero-order valence-electron chi connectivity index (χ0n) is 12.9. The molecule has 1 aliphatic rings. The molecule has 0 aliphatic carbocycles. The van der Waals surface area contributed by atoms with Gasteiger partial charge in [0.25, 0.3) is 0 Å². The van der Waals surface area contributed by atoms with Gasteiger partial charge in [0.1, 0.15) is 17.5 Å². The number of hydrogen-bond acceptors (Lipinski definition) is 5. The monoisotopic (exact) mass is 277 g/mol.